The van der Waals surface area contributed by atoms with Gasteiger partial charge in [-0.2, -0.15) is 0 Å². The molecule has 1 fully saturated rings. The Morgan fingerprint density at radius 3 is 2.93 bits per heavy atom. The third kappa shape index (κ3) is 2.74. The van der Waals surface area contributed by atoms with Crippen LogP contribution >= 0.6 is 22.9 Å². The van der Waals surface area contributed by atoms with Gasteiger partial charge in [-0.15, -0.1) is 11.3 Å². The Balaban J connectivity index is 1.99. The lowest BCUT2D eigenvalue weighted by atomic mass is 10.1. The van der Waals surface area contributed by atoms with E-state index >= 15 is 0 Å². The fraction of sp³-hybridized carbons (Fsp3) is 0.667. The summed E-state index contributed by atoms with van der Waals surface area (Å²) in [5, 5.41) is 0. The van der Waals surface area contributed by atoms with Gasteiger partial charge in [-0.05, 0) is 51.8 Å². The normalized spacial score (nSPS) is 22.8. The molecule has 0 N–H and O–H groups in total. The molecular formula is C12H18ClNS. The van der Waals surface area contributed by atoms with E-state index in [0.29, 0.717) is 6.04 Å². The van der Waals surface area contributed by atoms with Crippen molar-refractivity contribution in [2.45, 2.75) is 45.2 Å². The summed E-state index contributed by atoms with van der Waals surface area (Å²) in [5.41, 5.74) is 0. The molecule has 2 rings (SSSR count). The molecule has 3 heteroatoms. The molecule has 0 aliphatic carbocycles. The third-order valence-electron chi connectivity index (χ3n) is 3.15. The van der Waals surface area contributed by atoms with E-state index < -0.39 is 0 Å². The highest BCUT2D eigenvalue weighted by atomic mass is 35.5. The zero-order valence-corrected chi connectivity index (χ0v) is 10.9. The molecular weight excluding hydrogens is 226 g/mol. The predicted molar refractivity (Wildman–Crippen MR) is 67.9 cm³/mol. The quantitative estimate of drug-likeness (QED) is 0.780. The molecule has 1 nitrogen and oxygen atoms in total. The van der Waals surface area contributed by atoms with E-state index in [1.165, 1.54) is 30.7 Å². The maximum Gasteiger partial charge on any atom is 0.0931 e. The molecule has 1 aromatic rings. The van der Waals surface area contributed by atoms with Crippen molar-refractivity contribution in [2.75, 3.05) is 6.54 Å². The molecule has 1 saturated heterocycles. The first kappa shape index (κ1) is 11.4. The number of nitrogens with zero attached hydrogens (tertiary/aromatic N) is 1. The van der Waals surface area contributed by atoms with Crippen LogP contribution in [0, 0.1) is 0 Å². The first-order valence-electron chi connectivity index (χ1n) is 5.67. The van der Waals surface area contributed by atoms with Gasteiger partial charge in [0.1, 0.15) is 0 Å². The molecule has 0 amide bonds. The van der Waals surface area contributed by atoms with Crippen LogP contribution in [0.15, 0.2) is 12.1 Å². The van der Waals surface area contributed by atoms with E-state index in [4.69, 9.17) is 11.6 Å². The van der Waals surface area contributed by atoms with Crippen LogP contribution in [-0.4, -0.2) is 23.5 Å². The molecule has 0 radical (unpaired) electrons. The molecule has 15 heavy (non-hydrogen) atoms. The van der Waals surface area contributed by atoms with Gasteiger partial charge in [0.2, 0.25) is 0 Å². The lowest BCUT2D eigenvalue weighted by Crippen LogP contribution is -2.36. The average Bonchev–Trinajstić information content (AvgIpc) is 2.75. The second kappa shape index (κ2) is 4.86. The van der Waals surface area contributed by atoms with Crippen LogP contribution in [-0.2, 0) is 6.42 Å². The number of halogens is 1. The van der Waals surface area contributed by atoms with Gasteiger partial charge >= 0.3 is 0 Å². The lowest BCUT2D eigenvalue weighted by molar-refractivity contribution is 0.203. The number of hydrogen-bond donors (Lipinski definition) is 0. The van der Waals surface area contributed by atoms with Gasteiger partial charge in [-0.3, -0.25) is 4.90 Å². The van der Waals surface area contributed by atoms with E-state index in [9.17, 15) is 0 Å². The van der Waals surface area contributed by atoms with Crippen molar-refractivity contribution in [2.24, 2.45) is 0 Å². The molecule has 0 aromatic carbocycles. The van der Waals surface area contributed by atoms with Crippen molar-refractivity contribution in [3.05, 3.63) is 21.3 Å². The fourth-order valence-electron chi connectivity index (χ4n) is 2.45. The Labute approximate surface area is 101 Å². The topological polar surface area (TPSA) is 3.24 Å². The van der Waals surface area contributed by atoms with Gasteiger partial charge < -0.3 is 0 Å². The highest BCUT2D eigenvalue weighted by Gasteiger charge is 2.26. The average molecular weight is 244 g/mol. The van der Waals surface area contributed by atoms with E-state index in [0.717, 1.165) is 10.4 Å². The van der Waals surface area contributed by atoms with Crippen LogP contribution in [0.1, 0.15) is 31.6 Å². The first-order valence-corrected chi connectivity index (χ1v) is 6.86. The molecule has 84 valence electrons. The van der Waals surface area contributed by atoms with Crippen molar-refractivity contribution in [3.8, 4) is 0 Å². The van der Waals surface area contributed by atoms with Crippen molar-refractivity contribution in [3.63, 3.8) is 0 Å². The Morgan fingerprint density at radius 2 is 2.33 bits per heavy atom. The largest absolute Gasteiger partial charge is 0.298 e. The Morgan fingerprint density at radius 1 is 1.53 bits per heavy atom. The summed E-state index contributed by atoms with van der Waals surface area (Å²) in [6.45, 7) is 5.85. The molecule has 0 bridgehead atoms. The fourth-order valence-corrected chi connectivity index (χ4v) is 3.61. The zero-order chi connectivity index (χ0) is 10.8. The maximum atomic E-state index is 5.95. The summed E-state index contributed by atoms with van der Waals surface area (Å²) < 4.78 is 0.916. The van der Waals surface area contributed by atoms with Crippen LogP contribution < -0.4 is 0 Å². The van der Waals surface area contributed by atoms with Crippen molar-refractivity contribution in [1.82, 2.24) is 4.90 Å². The monoisotopic (exact) mass is 243 g/mol. The summed E-state index contributed by atoms with van der Waals surface area (Å²) in [4.78, 5) is 4.05. The highest BCUT2D eigenvalue weighted by molar-refractivity contribution is 7.16. The summed E-state index contributed by atoms with van der Waals surface area (Å²) in [6.07, 6.45) is 3.87. The standard InChI is InChI=1S/C12H18ClNS/c1-9(2)14-7-3-4-10(14)8-11-5-6-12(13)15-11/h5-6,9-10H,3-4,7-8H2,1-2H3/t10-/m0/s1. The molecule has 0 saturated carbocycles. The Hall–Kier alpha value is -0.0500. The number of likely N-dealkylation sites (tertiary alicyclic amines) is 1. The van der Waals surface area contributed by atoms with Gasteiger partial charge in [0.05, 0.1) is 4.34 Å². The summed E-state index contributed by atoms with van der Waals surface area (Å²) in [7, 11) is 0. The summed E-state index contributed by atoms with van der Waals surface area (Å²) in [6, 6.07) is 5.59. The minimum Gasteiger partial charge on any atom is -0.298 e. The summed E-state index contributed by atoms with van der Waals surface area (Å²) >= 11 is 7.68. The van der Waals surface area contributed by atoms with Gasteiger partial charge in [0.25, 0.3) is 0 Å². The third-order valence-corrected chi connectivity index (χ3v) is 4.41. The summed E-state index contributed by atoms with van der Waals surface area (Å²) in [5.74, 6) is 0. The van der Waals surface area contributed by atoms with E-state index in [-0.39, 0.29) is 0 Å². The molecule has 1 aliphatic rings. The van der Waals surface area contributed by atoms with Gasteiger partial charge in [-0.25, -0.2) is 0 Å². The SMILES string of the molecule is CC(C)N1CCC[C@H]1Cc1ccc(Cl)s1. The molecule has 2 heterocycles. The molecule has 0 spiro atoms. The van der Waals surface area contributed by atoms with Crippen molar-refractivity contribution in [1.29, 1.82) is 0 Å². The minimum atomic E-state index is 0.674. The first-order chi connectivity index (χ1) is 7.16. The van der Waals surface area contributed by atoms with E-state index in [1.807, 2.05) is 6.07 Å². The van der Waals surface area contributed by atoms with Crippen LogP contribution in [0.3, 0.4) is 0 Å². The van der Waals surface area contributed by atoms with Crippen LogP contribution in [0.25, 0.3) is 0 Å². The van der Waals surface area contributed by atoms with Crippen LogP contribution in [0.2, 0.25) is 4.34 Å². The smallest absolute Gasteiger partial charge is 0.0931 e. The number of rotatable bonds is 3. The highest BCUT2D eigenvalue weighted by Crippen LogP contribution is 2.28. The molecule has 0 unspecified atom stereocenters. The molecule has 1 atom stereocenters. The second-order valence-corrected chi connectivity index (χ2v) is 6.34. The Bertz CT molecular complexity index is 321. The van der Waals surface area contributed by atoms with Crippen LogP contribution in [0.5, 0.6) is 0 Å². The minimum absolute atomic E-state index is 0.674. The second-order valence-electron chi connectivity index (χ2n) is 4.54. The Kier molecular flexibility index (Phi) is 3.70. The number of thiophene rings is 1. The molecule has 1 aliphatic heterocycles. The van der Waals surface area contributed by atoms with Gasteiger partial charge in [0.15, 0.2) is 0 Å². The predicted octanol–water partition coefficient (Wildman–Crippen LogP) is 3.82. The van der Waals surface area contributed by atoms with Gasteiger partial charge in [0, 0.05) is 17.0 Å². The van der Waals surface area contributed by atoms with Crippen LogP contribution in [0.4, 0.5) is 0 Å². The van der Waals surface area contributed by atoms with E-state index in [2.05, 4.69) is 24.8 Å². The molecule has 1 aromatic heterocycles. The number of hydrogen-bond acceptors (Lipinski definition) is 2. The maximum absolute atomic E-state index is 5.95. The van der Waals surface area contributed by atoms with Crippen molar-refractivity contribution >= 4 is 22.9 Å². The zero-order valence-electron chi connectivity index (χ0n) is 9.37. The lowest BCUT2D eigenvalue weighted by Gasteiger charge is -2.27. The van der Waals surface area contributed by atoms with E-state index in [1.54, 1.807) is 11.3 Å². The van der Waals surface area contributed by atoms with Crippen molar-refractivity contribution < 1.29 is 0 Å². The van der Waals surface area contributed by atoms with Gasteiger partial charge in [-0.1, -0.05) is 11.6 Å².